The number of rotatable bonds is 11. The summed E-state index contributed by atoms with van der Waals surface area (Å²) in [4.78, 5) is 42.4. The molecule has 0 unspecified atom stereocenters. The predicted molar refractivity (Wildman–Crippen MR) is 176 cm³/mol. The number of anilines is 1. The molecule has 2 amide bonds. The number of benzene rings is 2. The first-order chi connectivity index (χ1) is 22.6. The molecule has 1 aliphatic carbocycles. The van der Waals surface area contributed by atoms with Gasteiger partial charge in [-0.1, -0.05) is 29.8 Å². The van der Waals surface area contributed by atoms with Gasteiger partial charge in [-0.25, -0.2) is 4.39 Å². The van der Waals surface area contributed by atoms with Crippen molar-refractivity contribution in [3.63, 3.8) is 0 Å². The summed E-state index contributed by atoms with van der Waals surface area (Å²) >= 11 is 6.54. The van der Waals surface area contributed by atoms with Gasteiger partial charge in [-0.05, 0) is 55.9 Å². The molecule has 2 aliphatic heterocycles. The van der Waals surface area contributed by atoms with E-state index in [9.17, 15) is 19.5 Å². The molecule has 0 spiro atoms. The monoisotopic (exact) mass is 668 g/mol. The highest BCUT2D eigenvalue weighted by molar-refractivity contribution is 6.34. The van der Waals surface area contributed by atoms with Crippen molar-refractivity contribution in [2.45, 2.75) is 56.7 Å². The molecule has 3 aromatic rings. The Bertz CT molecular complexity index is 1630. The lowest BCUT2D eigenvalue weighted by molar-refractivity contribution is -0.144. The van der Waals surface area contributed by atoms with E-state index in [1.165, 1.54) is 12.1 Å². The minimum atomic E-state index is -0.757. The van der Waals surface area contributed by atoms with E-state index in [2.05, 4.69) is 10.2 Å². The fourth-order valence-corrected chi connectivity index (χ4v) is 7.62. The number of aromatic nitrogens is 1. The number of nitrogens with one attached hydrogen (secondary N) is 1. The third kappa shape index (κ3) is 7.33. The number of hydrogen-bond donors (Lipinski definition) is 2. The average molecular weight is 669 g/mol. The van der Waals surface area contributed by atoms with Crippen LogP contribution in [-0.2, 0) is 32.5 Å². The molecular formula is C35H42ClFN4O6. The van der Waals surface area contributed by atoms with Crippen molar-refractivity contribution >= 4 is 46.0 Å². The van der Waals surface area contributed by atoms with Crippen LogP contribution in [0, 0.1) is 17.7 Å². The first kappa shape index (κ1) is 33.4. The maximum atomic E-state index is 15.5. The van der Waals surface area contributed by atoms with E-state index in [0.717, 1.165) is 30.4 Å². The van der Waals surface area contributed by atoms with Gasteiger partial charge in [0.15, 0.2) is 0 Å². The SMILES string of the molecule is COCC1CN([C@H]2C[C@@H](CO[C@H]3CC[C@H](C(=O)O)CC3)N(C(=O)Cc3cc(Cl)c(NC(=O)c4cn(C)c5ccccc45)cc3F)C2)C1. The van der Waals surface area contributed by atoms with E-state index < -0.39 is 17.7 Å². The van der Waals surface area contributed by atoms with Crippen molar-refractivity contribution in [3.8, 4) is 0 Å². The van der Waals surface area contributed by atoms with E-state index in [0.29, 0.717) is 56.9 Å². The molecule has 0 bridgehead atoms. The summed E-state index contributed by atoms with van der Waals surface area (Å²) in [5, 5.41) is 13.0. The first-order valence-corrected chi connectivity index (χ1v) is 16.7. The van der Waals surface area contributed by atoms with Crippen LogP contribution in [0.2, 0.25) is 5.02 Å². The standard InChI is InChI=1S/C35H42ClFN4O6/c1-39-18-28(27-5-3-4-6-32(27)39)34(43)38-31-14-30(37)23(11-29(31)36)12-33(42)41-17-24(40-15-21(16-40)19-46-2)13-25(41)20-47-26-9-7-22(8-10-26)35(44)45/h3-6,11,14,18,21-22,24-26H,7-10,12-13,15-17,19-20H2,1-2H3,(H,38,43)(H,44,45)/t22-,24-,25-,26-/m0/s1. The van der Waals surface area contributed by atoms with Gasteiger partial charge < -0.3 is 29.4 Å². The first-order valence-electron chi connectivity index (χ1n) is 16.3. The summed E-state index contributed by atoms with van der Waals surface area (Å²) in [5.74, 6) is -1.86. The van der Waals surface area contributed by atoms with E-state index in [1.807, 2.05) is 35.9 Å². The number of ether oxygens (including phenoxy) is 2. The topological polar surface area (TPSA) is 113 Å². The van der Waals surface area contributed by atoms with Crippen LogP contribution in [0.3, 0.4) is 0 Å². The molecule has 2 atom stereocenters. The van der Waals surface area contributed by atoms with Gasteiger partial charge in [0.05, 0.1) is 54.0 Å². The van der Waals surface area contributed by atoms with E-state index in [-0.39, 0.29) is 52.7 Å². The highest BCUT2D eigenvalue weighted by atomic mass is 35.5. The molecule has 2 saturated heterocycles. The minimum absolute atomic E-state index is 0.0374. The number of para-hydroxylation sites is 1. The van der Waals surface area contributed by atoms with Gasteiger partial charge >= 0.3 is 5.97 Å². The van der Waals surface area contributed by atoms with Crippen LogP contribution < -0.4 is 5.32 Å². The zero-order chi connectivity index (χ0) is 33.2. The second-order valence-corrected chi connectivity index (χ2v) is 13.6. The highest BCUT2D eigenvalue weighted by Crippen LogP contribution is 2.33. The fraction of sp³-hybridized carbons (Fsp3) is 0.514. The molecule has 10 nitrogen and oxygen atoms in total. The Kier molecular flexibility index (Phi) is 10.2. The third-order valence-electron chi connectivity index (χ3n) is 10.0. The molecule has 47 heavy (non-hydrogen) atoms. The number of amides is 2. The summed E-state index contributed by atoms with van der Waals surface area (Å²) in [7, 11) is 3.55. The summed E-state index contributed by atoms with van der Waals surface area (Å²) in [6, 6.07) is 10.1. The van der Waals surface area contributed by atoms with Crippen LogP contribution in [-0.4, -0.2) is 95.4 Å². The van der Waals surface area contributed by atoms with Crippen LogP contribution in [0.5, 0.6) is 0 Å². The summed E-state index contributed by atoms with van der Waals surface area (Å²) < 4.78 is 28.9. The molecule has 3 fully saturated rings. The number of nitrogens with zero attached hydrogens (tertiary/aromatic N) is 3. The van der Waals surface area contributed by atoms with Gasteiger partial charge in [-0.3, -0.25) is 19.3 Å². The number of methoxy groups -OCH3 is 1. The number of carbonyl (C=O) groups is 3. The number of aliphatic carboxylic acids is 1. The number of carboxylic acids is 1. The van der Waals surface area contributed by atoms with E-state index in [1.54, 1.807) is 18.2 Å². The molecular weight excluding hydrogens is 627 g/mol. The van der Waals surface area contributed by atoms with Crippen molar-refractivity contribution in [1.29, 1.82) is 0 Å². The number of hydrogen-bond acceptors (Lipinski definition) is 6. The van der Waals surface area contributed by atoms with Gasteiger partial charge in [0.1, 0.15) is 5.82 Å². The molecule has 1 saturated carbocycles. The molecule has 0 radical (unpaired) electrons. The smallest absolute Gasteiger partial charge is 0.306 e. The van der Waals surface area contributed by atoms with E-state index >= 15 is 4.39 Å². The molecule has 3 heterocycles. The lowest BCUT2D eigenvalue weighted by atomic mass is 9.87. The summed E-state index contributed by atoms with van der Waals surface area (Å²) in [6.07, 6.45) is 4.79. The minimum Gasteiger partial charge on any atom is -0.481 e. The largest absolute Gasteiger partial charge is 0.481 e. The zero-order valence-corrected chi connectivity index (χ0v) is 27.5. The summed E-state index contributed by atoms with van der Waals surface area (Å²) in [5.41, 5.74) is 1.63. The Hall–Kier alpha value is -3.51. The number of carboxylic acid groups (broad SMARTS) is 1. The Morgan fingerprint density at radius 1 is 1.06 bits per heavy atom. The van der Waals surface area contributed by atoms with E-state index in [4.69, 9.17) is 21.1 Å². The second kappa shape index (κ2) is 14.3. The lowest BCUT2D eigenvalue weighted by Gasteiger charge is -2.42. The van der Waals surface area contributed by atoms with Crippen LogP contribution in [0.15, 0.2) is 42.6 Å². The van der Waals surface area contributed by atoms with Gasteiger partial charge in [0.25, 0.3) is 5.91 Å². The fourth-order valence-electron chi connectivity index (χ4n) is 7.39. The number of halogens is 2. The predicted octanol–water partition coefficient (Wildman–Crippen LogP) is 4.97. The van der Waals surface area contributed by atoms with Crippen LogP contribution >= 0.6 is 11.6 Å². The van der Waals surface area contributed by atoms with Crippen LogP contribution in [0.4, 0.5) is 10.1 Å². The maximum Gasteiger partial charge on any atom is 0.306 e. The normalized spacial score (nSPS) is 23.6. The zero-order valence-electron chi connectivity index (χ0n) is 26.8. The molecule has 3 aliphatic rings. The van der Waals surface area contributed by atoms with Gasteiger partial charge in [0, 0.05) is 62.9 Å². The van der Waals surface area contributed by atoms with Crippen LogP contribution in [0.1, 0.15) is 48.0 Å². The molecule has 252 valence electrons. The number of aryl methyl sites for hydroxylation is 1. The molecule has 6 rings (SSSR count). The average Bonchev–Trinajstić information content (AvgIpc) is 3.61. The maximum absolute atomic E-state index is 15.5. The van der Waals surface area contributed by atoms with Crippen molar-refractivity contribution in [2.75, 3.05) is 45.3 Å². The quantitative estimate of drug-likeness (QED) is 0.297. The highest BCUT2D eigenvalue weighted by Gasteiger charge is 2.42. The molecule has 1 aromatic heterocycles. The number of carbonyl (C=O) groups excluding carboxylic acids is 2. The summed E-state index contributed by atoms with van der Waals surface area (Å²) in [6.45, 7) is 3.39. The Morgan fingerprint density at radius 2 is 1.81 bits per heavy atom. The molecule has 2 N–H and O–H groups in total. The van der Waals surface area contributed by atoms with Gasteiger partial charge in [0.2, 0.25) is 5.91 Å². The Morgan fingerprint density at radius 3 is 2.53 bits per heavy atom. The van der Waals surface area contributed by atoms with Crippen molar-refractivity contribution in [1.82, 2.24) is 14.4 Å². The number of fused-ring (bicyclic) bond motifs is 1. The number of likely N-dealkylation sites (tertiary alicyclic amines) is 2. The lowest BCUT2D eigenvalue weighted by Crippen LogP contribution is -2.54. The van der Waals surface area contributed by atoms with Crippen molar-refractivity contribution in [2.24, 2.45) is 18.9 Å². The Labute approximate surface area is 278 Å². The molecule has 2 aromatic carbocycles. The van der Waals surface area contributed by atoms with Gasteiger partial charge in [-0.15, -0.1) is 0 Å². The van der Waals surface area contributed by atoms with Crippen molar-refractivity contribution in [3.05, 3.63) is 64.6 Å². The molecule has 12 heteroatoms. The third-order valence-corrected chi connectivity index (χ3v) is 10.3. The van der Waals surface area contributed by atoms with Crippen molar-refractivity contribution < 1.29 is 33.4 Å². The van der Waals surface area contributed by atoms with Crippen LogP contribution in [0.25, 0.3) is 10.9 Å². The van der Waals surface area contributed by atoms with Gasteiger partial charge in [-0.2, -0.15) is 0 Å². The Balaban J connectivity index is 1.12. The second-order valence-electron chi connectivity index (χ2n) is 13.2.